The zero-order valence-corrected chi connectivity index (χ0v) is 13.0. The van der Waals surface area contributed by atoms with Gasteiger partial charge < -0.3 is 5.32 Å². The minimum Gasteiger partial charge on any atom is -0.351 e. The summed E-state index contributed by atoms with van der Waals surface area (Å²) < 4.78 is 1.53. The van der Waals surface area contributed by atoms with Crippen LogP contribution in [0.3, 0.4) is 0 Å². The number of allylic oxidation sites excluding steroid dienone is 1. The highest BCUT2D eigenvalue weighted by Crippen LogP contribution is 2.27. The molecule has 8 nitrogen and oxygen atoms in total. The van der Waals surface area contributed by atoms with Gasteiger partial charge in [0.15, 0.2) is 0 Å². The van der Waals surface area contributed by atoms with E-state index in [0.717, 1.165) is 12.8 Å². The number of imidazole rings is 1. The molecule has 3 rings (SSSR count). The number of hydrogen-bond acceptors (Lipinski definition) is 6. The first kappa shape index (κ1) is 15.1. The van der Waals surface area contributed by atoms with Crippen molar-refractivity contribution in [2.45, 2.75) is 32.7 Å². The van der Waals surface area contributed by atoms with Gasteiger partial charge in [-0.15, -0.1) is 0 Å². The third kappa shape index (κ3) is 3.05. The van der Waals surface area contributed by atoms with E-state index in [1.165, 1.54) is 10.9 Å². The Morgan fingerprint density at radius 2 is 2.13 bits per heavy atom. The molecule has 23 heavy (non-hydrogen) atoms. The van der Waals surface area contributed by atoms with Crippen LogP contribution in [0.25, 0.3) is 5.82 Å². The molecule has 2 heterocycles. The van der Waals surface area contributed by atoms with Crippen molar-refractivity contribution in [1.29, 1.82) is 0 Å². The van der Waals surface area contributed by atoms with Crippen molar-refractivity contribution in [2.24, 2.45) is 5.92 Å². The number of aryl methyl sites for hydroxylation is 1. The van der Waals surface area contributed by atoms with Gasteiger partial charge in [-0.05, 0) is 25.7 Å². The topological polar surface area (TPSA) is 98.8 Å². The van der Waals surface area contributed by atoms with Crippen LogP contribution in [-0.2, 0) is 0 Å². The molecule has 8 heteroatoms. The maximum absolute atomic E-state index is 11.4. The van der Waals surface area contributed by atoms with Gasteiger partial charge in [-0.2, -0.15) is 4.98 Å². The summed E-state index contributed by atoms with van der Waals surface area (Å²) in [5.74, 6) is 1.08. The summed E-state index contributed by atoms with van der Waals surface area (Å²) in [6.45, 7) is 3.78. The van der Waals surface area contributed by atoms with Crippen molar-refractivity contribution in [3.63, 3.8) is 0 Å². The standard InChI is InChI=1S/C15H18N6O2/c1-10-5-3-4-6-12(10)18-15-17-11(2)13(21(22)23)14(19-15)20-8-7-16-9-20/h3-4,7-10,12H,5-6H2,1-2H3,(H,17,18,19)/t10-,12?/m1/s1. The molecule has 0 saturated carbocycles. The van der Waals surface area contributed by atoms with Gasteiger partial charge in [0, 0.05) is 18.4 Å². The van der Waals surface area contributed by atoms with E-state index in [9.17, 15) is 10.1 Å². The fraction of sp³-hybridized carbons (Fsp3) is 0.400. The van der Waals surface area contributed by atoms with Crippen LogP contribution < -0.4 is 5.32 Å². The minimum absolute atomic E-state index is 0.106. The first-order valence-corrected chi connectivity index (χ1v) is 7.49. The van der Waals surface area contributed by atoms with E-state index < -0.39 is 4.92 Å². The van der Waals surface area contributed by atoms with Gasteiger partial charge in [-0.3, -0.25) is 14.7 Å². The first-order valence-electron chi connectivity index (χ1n) is 7.49. The van der Waals surface area contributed by atoms with Crippen molar-refractivity contribution in [2.75, 3.05) is 5.32 Å². The van der Waals surface area contributed by atoms with Crippen LogP contribution in [0, 0.1) is 23.0 Å². The molecule has 2 aromatic heterocycles. The molecule has 1 aliphatic carbocycles. The van der Waals surface area contributed by atoms with Gasteiger partial charge >= 0.3 is 5.69 Å². The van der Waals surface area contributed by atoms with Gasteiger partial charge in [-0.1, -0.05) is 19.1 Å². The fourth-order valence-corrected chi connectivity index (χ4v) is 2.71. The van der Waals surface area contributed by atoms with Crippen LogP contribution in [0.2, 0.25) is 0 Å². The number of aromatic nitrogens is 4. The van der Waals surface area contributed by atoms with Crippen molar-refractivity contribution in [3.05, 3.63) is 46.7 Å². The van der Waals surface area contributed by atoms with Crippen molar-refractivity contribution in [1.82, 2.24) is 19.5 Å². The van der Waals surface area contributed by atoms with Gasteiger partial charge in [0.05, 0.1) is 4.92 Å². The van der Waals surface area contributed by atoms with Gasteiger partial charge in [-0.25, -0.2) is 9.97 Å². The smallest absolute Gasteiger partial charge is 0.333 e. The normalized spacial score (nSPS) is 20.4. The molecule has 1 aliphatic rings. The number of hydrogen-bond donors (Lipinski definition) is 1. The Bertz CT molecular complexity index is 741. The lowest BCUT2D eigenvalue weighted by atomic mass is 9.91. The maximum atomic E-state index is 11.4. The van der Waals surface area contributed by atoms with Gasteiger partial charge in [0.1, 0.15) is 12.0 Å². The van der Waals surface area contributed by atoms with E-state index in [2.05, 4.69) is 39.3 Å². The largest absolute Gasteiger partial charge is 0.351 e. The summed E-state index contributed by atoms with van der Waals surface area (Å²) in [6, 6.07) is 0.219. The molecule has 0 saturated heterocycles. The Labute approximate surface area is 133 Å². The highest BCUT2D eigenvalue weighted by atomic mass is 16.6. The van der Waals surface area contributed by atoms with Crippen LogP contribution in [0.5, 0.6) is 0 Å². The molecule has 1 N–H and O–H groups in total. The summed E-state index contributed by atoms with van der Waals surface area (Å²) in [5, 5.41) is 14.7. The second-order valence-corrected chi connectivity index (χ2v) is 5.70. The van der Waals surface area contributed by atoms with Crippen molar-refractivity contribution in [3.8, 4) is 5.82 Å². The van der Waals surface area contributed by atoms with E-state index >= 15 is 0 Å². The van der Waals surface area contributed by atoms with E-state index in [-0.39, 0.29) is 17.5 Å². The predicted molar refractivity (Wildman–Crippen MR) is 85.5 cm³/mol. The minimum atomic E-state index is -0.458. The lowest BCUT2D eigenvalue weighted by Crippen LogP contribution is -2.29. The van der Waals surface area contributed by atoms with Crippen LogP contribution >= 0.6 is 0 Å². The zero-order valence-electron chi connectivity index (χ0n) is 13.0. The molecule has 0 amide bonds. The monoisotopic (exact) mass is 314 g/mol. The number of nitrogens with one attached hydrogen (secondary N) is 1. The Hall–Kier alpha value is -2.77. The average Bonchev–Trinajstić information content (AvgIpc) is 3.03. The summed E-state index contributed by atoms with van der Waals surface area (Å²) in [4.78, 5) is 23.5. The van der Waals surface area contributed by atoms with Crippen LogP contribution in [0.1, 0.15) is 25.5 Å². The lowest BCUT2D eigenvalue weighted by Gasteiger charge is -2.26. The fourth-order valence-electron chi connectivity index (χ4n) is 2.71. The van der Waals surface area contributed by atoms with Crippen LogP contribution in [-0.4, -0.2) is 30.5 Å². The number of nitrogens with zero attached hydrogens (tertiary/aromatic N) is 5. The molecule has 120 valence electrons. The summed E-state index contributed by atoms with van der Waals surface area (Å²) in [6.07, 6.45) is 10.9. The van der Waals surface area contributed by atoms with Crippen molar-refractivity contribution < 1.29 is 4.92 Å². The molecule has 0 radical (unpaired) electrons. The van der Waals surface area contributed by atoms with E-state index in [1.54, 1.807) is 19.3 Å². The number of anilines is 1. The second-order valence-electron chi connectivity index (χ2n) is 5.70. The molecule has 0 bridgehead atoms. The lowest BCUT2D eigenvalue weighted by molar-refractivity contribution is -0.385. The molecule has 0 fully saturated rings. The van der Waals surface area contributed by atoms with E-state index in [0.29, 0.717) is 17.6 Å². The number of rotatable bonds is 4. The molecule has 2 atom stereocenters. The average molecular weight is 314 g/mol. The number of nitro groups is 1. The predicted octanol–water partition coefficient (Wildman–Crippen LogP) is 2.65. The quantitative estimate of drug-likeness (QED) is 0.529. The molecular formula is C15H18N6O2. The second kappa shape index (κ2) is 6.15. The van der Waals surface area contributed by atoms with Crippen LogP contribution in [0.15, 0.2) is 30.9 Å². The highest BCUT2D eigenvalue weighted by Gasteiger charge is 2.25. The van der Waals surface area contributed by atoms with E-state index in [1.807, 2.05) is 0 Å². The Kier molecular flexibility index (Phi) is 4.05. The van der Waals surface area contributed by atoms with E-state index in [4.69, 9.17) is 0 Å². The summed E-state index contributed by atoms with van der Waals surface area (Å²) in [5.41, 5.74) is 0.223. The molecule has 0 aromatic carbocycles. The van der Waals surface area contributed by atoms with Crippen molar-refractivity contribution >= 4 is 11.6 Å². The molecule has 0 aliphatic heterocycles. The molecule has 2 aromatic rings. The highest BCUT2D eigenvalue weighted by molar-refractivity contribution is 5.53. The Balaban J connectivity index is 1.99. The third-order valence-electron chi connectivity index (χ3n) is 4.04. The summed E-state index contributed by atoms with van der Waals surface area (Å²) in [7, 11) is 0. The maximum Gasteiger partial charge on any atom is 0.333 e. The summed E-state index contributed by atoms with van der Waals surface area (Å²) >= 11 is 0. The molecular weight excluding hydrogens is 296 g/mol. The Morgan fingerprint density at radius 1 is 1.35 bits per heavy atom. The third-order valence-corrected chi connectivity index (χ3v) is 4.04. The van der Waals surface area contributed by atoms with Gasteiger partial charge in [0.2, 0.25) is 11.8 Å². The first-order chi connectivity index (χ1) is 11.1. The Morgan fingerprint density at radius 3 is 2.78 bits per heavy atom. The molecule has 1 unspecified atom stereocenters. The zero-order chi connectivity index (χ0) is 16.4. The van der Waals surface area contributed by atoms with Gasteiger partial charge in [0.25, 0.3) is 0 Å². The SMILES string of the molecule is Cc1nc(NC2CC=CC[C@H]2C)nc(-n2ccnc2)c1[N+](=O)[O-]. The van der Waals surface area contributed by atoms with Crippen LogP contribution in [0.4, 0.5) is 11.6 Å². The molecule has 0 spiro atoms.